The molecule has 0 radical (unpaired) electrons. The lowest BCUT2D eigenvalue weighted by atomic mass is 10.2. The van der Waals surface area contributed by atoms with Gasteiger partial charge in [0.05, 0.1) is 25.3 Å². The maximum atomic E-state index is 11.3. The molecule has 0 bridgehead atoms. The van der Waals surface area contributed by atoms with Crippen LogP contribution in [0.2, 0.25) is 0 Å². The van der Waals surface area contributed by atoms with Crippen LogP contribution in [0.4, 0.5) is 0 Å². The SMILES string of the molecule is CN=C(NCc1ccnn1C)NCC(C)C(=O)OC. The summed E-state index contributed by atoms with van der Waals surface area (Å²) >= 11 is 0. The summed E-state index contributed by atoms with van der Waals surface area (Å²) in [5.41, 5.74) is 1.05. The number of methoxy groups -OCH3 is 1. The Morgan fingerprint density at radius 1 is 1.58 bits per heavy atom. The molecule has 1 atom stereocenters. The average Bonchev–Trinajstić information content (AvgIpc) is 2.83. The lowest BCUT2D eigenvalue weighted by Crippen LogP contribution is -2.40. The molecule has 0 amide bonds. The van der Waals surface area contributed by atoms with Crippen LogP contribution in [0, 0.1) is 5.92 Å². The molecule has 0 fully saturated rings. The maximum Gasteiger partial charge on any atom is 0.310 e. The highest BCUT2D eigenvalue weighted by atomic mass is 16.5. The molecule has 0 aromatic carbocycles. The van der Waals surface area contributed by atoms with Crippen LogP contribution in [0.5, 0.6) is 0 Å². The minimum absolute atomic E-state index is 0.222. The number of aryl methyl sites for hydroxylation is 1. The van der Waals surface area contributed by atoms with Crippen LogP contribution >= 0.6 is 0 Å². The Morgan fingerprint density at radius 2 is 2.32 bits per heavy atom. The number of carbonyl (C=O) groups is 1. The van der Waals surface area contributed by atoms with Crippen molar-refractivity contribution in [2.75, 3.05) is 20.7 Å². The zero-order chi connectivity index (χ0) is 14.3. The molecule has 19 heavy (non-hydrogen) atoms. The van der Waals surface area contributed by atoms with Crippen molar-refractivity contribution in [1.82, 2.24) is 20.4 Å². The Kier molecular flexibility index (Phi) is 5.84. The normalized spacial score (nSPS) is 12.9. The topological polar surface area (TPSA) is 80.5 Å². The number of aliphatic imine (C=N–C) groups is 1. The number of rotatable bonds is 5. The third kappa shape index (κ3) is 4.61. The molecule has 2 N–H and O–H groups in total. The quantitative estimate of drug-likeness (QED) is 0.442. The van der Waals surface area contributed by atoms with Crippen LogP contribution in [0.25, 0.3) is 0 Å². The summed E-state index contributed by atoms with van der Waals surface area (Å²) in [6, 6.07) is 1.93. The first-order chi connectivity index (χ1) is 9.08. The number of nitrogens with zero attached hydrogens (tertiary/aromatic N) is 3. The number of guanidine groups is 1. The lowest BCUT2D eigenvalue weighted by Gasteiger charge is -2.14. The monoisotopic (exact) mass is 267 g/mol. The molecule has 0 aliphatic rings. The highest BCUT2D eigenvalue weighted by molar-refractivity contribution is 5.80. The molecular weight excluding hydrogens is 246 g/mol. The summed E-state index contributed by atoms with van der Waals surface area (Å²) in [7, 11) is 4.95. The molecule has 0 saturated carbocycles. The van der Waals surface area contributed by atoms with Crippen LogP contribution in [0.3, 0.4) is 0 Å². The largest absolute Gasteiger partial charge is 0.469 e. The van der Waals surface area contributed by atoms with E-state index in [0.29, 0.717) is 19.0 Å². The number of carbonyl (C=O) groups excluding carboxylic acids is 1. The summed E-state index contributed by atoms with van der Waals surface area (Å²) in [6.45, 7) is 2.88. The zero-order valence-corrected chi connectivity index (χ0v) is 11.8. The van der Waals surface area contributed by atoms with Crippen molar-refractivity contribution < 1.29 is 9.53 Å². The van der Waals surface area contributed by atoms with E-state index in [4.69, 9.17) is 0 Å². The first kappa shape index (κ1) is 15.0. The van der Waals surface area contributed by atoms with Crippen molar-refractivity contribution in [3.63, 3.8) is 0 Å². The fraction of sp³-hybridized carbons (Fsp3) is 0.583. The van der Waals surface area contributed by atoms with E-state index in [0.717, 1.165) is 5.69 Å². The van der Waals surface area contributed by atoms with Crippen LogP contribution < -0.4 is 10.6 Å². The van der Waals surface area contributed by atoms with E-state index < -0.39 is 0 Å². The third-order valence-electron chi connectivity index (χ3n) is 2.76. The first-order valence-corrected chi connectivity index (χ1v) is 6.07. The predicted molar refractivity (Wildman–Crippen MR) is 72.6 cm³/mol. The van der Waals surface area contributed by atoms with Crippen molar-refractivity contribution in [3.8, 4) is 0 Å². The molecule has 1 unspecified atom stereocenters. The minimum Gasteiger partial charge on any atom is -0.469 e. The molecule has 1 aromatic rings. The van der Waals surface area contributed by atoms with Gasteiger partial charge in [0.15, 0.2) is 5.96 Å². The van der Waals surface area contributed by atoms with Gasteiger partial charge in [0.2, 0.25) is 0 Å². The summed E-state index contributed by atoms with van der Waals surface area (Å²) < 4.78 is 6.45. The van der Waals surface area contributed by atoms with Gasteiger partial charge in [-0.2, -0.15) is 5.10 Å². The van der Waals surface area contributed by atoms with Crippen LogP contribution in [-0.4, -0.2) is 42.4 Å². The van der Waals surface area contributed by atoms with E-state index in [2.05, 4.69) is 25.5 Å². The molecule has 0 aliphatic carbocycles. The van der Waals surface area contributed by atoms with Crippen LogP contribution in [0.1, 0.15) is 12.6 Å². The Balaban J connectivity index is 2.39. The fourth-order valence-electron chi connectivity index (χ4n) is 1.50. The predicted octanol–water partition coefficient (Wildman–Crippen LogP) is -0.106. The lowest BCUT2D eigenvalue weighted by molar-refractivity contribution is -0.144. The van der Waals surface area contributed by atoms with Crippen molar-refractivity contribution >= 4 is 11.9 Å². The highest BCUT2D eigenvalue weighted by Crippen LogP contribution is 1.96. The zero-order valence-electron chi connectivity index (χ0n) is 11.8. The van der Waals surface area contributed by atoms with Crippen molar-refractivity contribution in [1.29, 1.82) is 0 Å². The van der Waals surface area contributed by atoms with Gasteiger partial charge in [0, 0.05) is 26.8 Å². The molecule has 1 aromatic heterocycles. The number of esters is 1. The molecule has 7 heteroatoms. The second kappa shape index (κ2) is 7.40. The number of ether oxygens (including phenoxy) is 1. The van der Waals surface area contributed by atoms with E-state index in [1.165, 1.54) is 7.11 Å². The second-order valence-corrected chi connectivity index (χ2v) is 4.18. The van der Waals surface area contributed by atoms with E-state index in [1.54, 1.807) is 24.9 Å². The molecule has 1 rings (SSSR count). The summed E-state index contributed by atoms with van der Waals surface area (Å²) in [5, 5.41) is 10.3. The van der Waals surface area contributed by atoms with Gasteiger partial charge >= 0.3 is 5.97 Å². The molecule has 0 spiro atoms. The number of hydrogen-bond donors (Lipinski definition) is 2. The maximum absolute atomic E-state index is 11.3. The van der Waals surface area contributed by atoms with Gasteiger partial charge < -0.3 is 15.4 Å². The summed E-state index contributed by atoms with van der Waals surface area (Å²) in [6.07, 6.45) is 1.74. The van der Waals surface area contributed by atoms with Gasteiger partial charge in [-0.05, 0) is 6.07 Å². The van der Waals surface area contributed by atoms with Crippen molar-refractivity contribution in [3.05, 3.63) is 18.0 Å². The second-order valence-electron chi connectivity index (χ2n) is 4.18. The van der Waals surface area contributed by atoms with Gasteiger partial charge in [-0.25, -0.2) is 0 Å². The van der Waals surface area contributed by atoms with E-state index in [9.17, 15) is 4.79 Å². The Morgan fingerprint density at radius 3 is 2.84 bits per heavy atom. The fourth-order valence-corrected chi connectivity index (χ4v) is 1.50. The highest BCUT2D eigenvalue weighted by Gasteiger charge is 2.13. The Hall–Kier alpha value is -2.05. The van der Waals surface area contributed by atoms with Gasteiger partial charge in [-0.3, -0.25) is 14.5 Å². The molecular formula is C12H21N5O2. The minimum atomic E-state index is -0.241. The third-order valence-corrected chi connectivity index (χ3v) is 2.76. The molecule has 0 aliphatic heterocycles. The first-order valence-electron chi connectivity index (χ1n) is 6.07. The number of hydrogen-bond acceptors (Lipinski definition) is 4. The summed E-state index contributed by atoms with van der Waals surface area (Å²) in [5.74, 6) is 0.173. The van der Waals surface area contributed by atoms with E-state index >= 15 is 0 Å². The summed E-state index contributed by atoms with van der Waals surface area (Å²) in [4.78, 5) is 15.4. The van der Waals surface area contributed by atoms with E-state index in [-0.39, 0.29) is 11.9 Å². The van der Waals surface area contributed by atoms with Gasteiger partial charge in [-0.15, -0.1) is 0 Å². The van der Waals surface area contributed by atoms with Crippen LogP contribution in [-0.2, 0) is 23.1 Å². The molecule has 7 nitrogen and oxygen atoms in total. The van der Waals surface area contributed by atoms with Gasteiger partial charge in [0.1, 0.15) is 0 Å². The smallest absolute Gasteiger partial charge is 0.310 e. The molecule has 0 saturated heterocycles. The Labute approximate surface area is 113 Å². The van der Waals surface area contributed by atoms with Gasteiger partial charge in [-0.1, -0.05) is 6.92 Å². The standard InChI is InChI=1S/C12H21N5O2/c1-9(11(18)19-4)7-14-12(13-2)15-8-10-5-6-16-17(10)3/h5-6,9H,7-8H2,1-4H3,(H2,13,14,15). The van der Waals surface area contributed by atoms with Gasteiger partial charge in [0.25, 0.3) is 0 Å². The van der Waals surface area contributed by atoms with Crippen molar-refractivity contribution in [2.24, 2.45) is 18.0 Å². The number of nitrogens with one attached hydrogen (secondary N) is 2. The average molecular weight is 267 g/mol. The number of aromatic nitrogens is 2. The molecule has 1 heterocycles. The van der Waals surface area contributed by atoms with Crippen LogP contribution in [0.15, 0.2) is 17.3 Å². The molecule has 106 valence electrons. The van der Waals surface area contributed by atoms with Crippen molar-refractivity contribution in [2.45, 2.75) is 13.5 Å². The van der Waals surface area contributed by atoms with E-state index in [1.807, 2.05) is 13.1 Å². The Bertz CT molecular complexity index is 441.